The van der Waals surface area contributed by atoms with Crippen molar-refractivity contribution < 1.29 is 21.6 Å². The molecule has 0 atom stereocenters. The molecule has 0 saturated carbocycles. The lowest BCUT2D eigenvalue weighted by molar-refractivity contribution is 0.508. The van der Waals surface area contributed by atoms with Crippen molar-refractivity contribution in [1.82, 2.24) is 4.98 Å². The molecule has 23 heavy (non-hydrogen) atoms. The molecule has 0 saturated heterocycles. The summed E-state index contributed by atoms with van der Waals surface area (Å²) in [6.07, 6.45) is 1.40. The maximum atomic E-state index is 13.2. The Labute approximate surface area is 134 Å². The van der Waals surface area contributed by atoms with Crippen molar-refractivity contribution in [2.45, 2.75) is 4.90 Å². The molecule has 2 aromatic carbocycles. The minimum Gasteiger partial charge on any atom is -0.436 e. The fraction of sp³-hybridized carbons (Fsp3) is 0. The average molecular weight is 356 g/mol. The third-order valence-corrected chi connectivity index (χ3v) is 4.46. The standard InChI is InChI=1S/C15H8ClF2NO3S/c16-23(20,21)11-4-1-9(2-5-11)14-8-19-15(22-14)10-3-6-12(17)13(18)7-10/h1-8H. The fourth-order valence-corrected chi connectivity index (χ4v) is 2.72. The minimum atomic E-state index is -3.80. The summed E-state index contributed by atoms with van der Waals surface area (Å²) < 4.78 is 54.0. The fourth-order valence-electron chi connectivity index (χ4n) is 1.95. The monoisotopic (exact) mass is 355 g/mol. The molecule has 1 aromatic heterocycles. The van der Waals surface area contributed by atoms with Crippen LogP contribution in [0.25, 0.3) is 22.8 Å². The van der Waals surface area contributed by atoms with Gasteiger partial charge in [-0.3, -0.25) is 0 Å². The third-order valence-electron chi connectivity index (χ3n) is 3.09. The predicted octanol–water partition coefficient (Wildman–Crippen LogP) is 4.21. The van der Waals surface area contributed by atoms with Gasteiger partial charge in [-0.05, 0) is 42.5 Å². The quantitative estimate of drug-likeness (QED) is 0.660. The summed E-state index contributed by atoms with van der Waals surface area (Å²) in [6, 6.07) is 8.98. The molecule has 0 spiro atoms. The van der Waals surface area contributed by atoms with Crippen molar-refractivity contribution in [2.75, 3.05) is 0 Å². The summed E-state index contributed by atoms with van der Waals surface area (Å²) in [5.41, 5.74) is 0.852. The van der Waals surface area contributed by atoms with Crippen molar-refractivity contribution >= 4 is 19.7 Å². The topological polar surface area (TPSA) is 60.2 Å². The van der Waals surface area contributed by atoms with E-state index in [9.17, 15) is 17.2 Å². The number of hydrogen-bond acceptors (Lipinski definition) is 4. The van der Waals surface area contributed by atoms with Crippen molar-refractivity contribution in [3.05, 3.63) is 60.3 Å². The van der Waals surface area contributed by atoms with Gasteiger partial charge in [-0.15, -0.1) is 0 Å². The highest BCUT2D eigenvalue weighted by Gasteiger charge is 2.13. The van der Waals surface area contributed by atoms with E-state index in [0.717, 1.165) is 12.1 Å². The first-order valence-corrected chi connectivity index (χ1v) is 8.62. The molecule has 0 aliphatic heterocycles. The normalized spacial score (nSPS) is 11.6. The Morgan fingerprint density at radius 2 is 1.61 bits per heavy atom. The highest BCUT2D eigenvalue weighted by molar-refractivity contribution is 8.13. The zero-order chi connectivity index (χ0) is 16.6. The predicted molar refractivity (Wildman–Crippen MR) is 80.3 cm³/mol. The Morgan fingerprint density at radius 3 is 2.22 bits per heavy atom. The highest BCUT2D eigenvalue weighted by atomic mass is 35.7. The van der Waals surface area contributed by atoms with Crippen LogP contribution in [0.5, 0.6) is 0 Å². The molecule has 0 fully saturated rings. The van der Waals surface area contributed by atoms with E-state index in [4.69, 9.17) is 15.1 Å². The Morgan fingerprint density at radius 1 is 0.957 bits per heavy atom. The Kier molecular flexibility index (Phi) is 3.91. The number of rotatable bonds is 3. The van der Waals surface area contributed by atoms with E-state index >= 15 is 0 Å². The van der Waals surface area contributed by atoms with Crippen LogP contribution < -0.4 is 0 Å². The molecule has 0 aliphatic carbocycles. The van der Waals surface area contributed by atoms with Gasteiger partial charge in [0.25, 0.3) is 9.05 Å². The van der Waals surface area contributed by atoms with Gasteiger partial charge < -0.3 is 4.42 Å². The second-order valence-corrected chi connectivity index (χ2v) is 7.19. The molecule has 0 N–H and O–H groups in total. The lowest BCUT2D eigenvalue weighted by atomic mass is 10.2. The number of nitrogens with zero attached hydrogens (tertiary/aromatic N) is 1. The Balaban J connectivity index is 1.94. The first-order chi connectivity index (χ1) is 10.8. The van der Waals surface area contributed by atoms with Gasteiger partial charge in [-0.2, -0.15) is 0 Å². The van der Waals surface area contributed by atoms with Crippen LogP contribution in [0, 0.1) is 11.6 Å². The maximum Gasteiger partial charge on any atom is 0.261 e. The van der Waals surface area contributed by atoms with Crippen LogP contribution in [0.2, 0.25) is 0 Å². The number of aromatic nitrogens is 1. The second kappa shape index (κ2) is 5.75. The van der Waals surface area contributed by atoms with Gasteiger partial charge in [-0.25, -0.2) is 22.2 Å². The lowest BCUT2D eigenvalue weighted by Crippen LogP contribution is -1.89. The van der Waals surface area contributed by atoms with Gasteiger partial charge in [0.05, 0.1) is 11.1 Å². The van der Waals surface area contributed by atoms with Gasteiger partial charge in [0.1, 0.15) is 0 Å². The number of benzene rings is 2. The van der Waals surface area contributed by atoms with Crippen LogP contribution in [0.1, 0.15) is 0 Å². The summed E-state index contributed by atoms with van der Waals surface area (Å²) >= 11 is 0. The van der Waals surface area contributed by atoms with Crippen LogP contribution in [0.15, 0.2) is 58.0 Å². The summed E-state index contributed by atoms with van der Waals surface area (Å²) in [5, 5.41) is 0. The zero-order valence-electron chi connectivity index (χ0n) is 11.3. The van der Waals surface area contributed by atoms with E-state index in [1.165, 1.54) is 36.5 Å². The molecule has 8 heteroatoms. The van der Waals surface area contributed by atoms with Crippen LogP contribution in [-0.4, -0.2) is 13.4 Å². The second-order valence-electron chi connectivity index (χ2n) is 4.62. The summed E-state index contributed by atoms with van der Waals surface area (Å²) in [7, 11) is 1.44. The maximum absolute atomic E-state index is 13.2. The van der Waals surface area contributed by atoms with Gasteiger partial charge in [0.15, 0.2) is 17.4 Å². The van der Waals surface area contributed by atoms with E-state index in [2.05, 4.69) is 4.98 Å². The van der Waals surface area contributed by atoms with Crippen molar-refractivity contribution in [3.63, 3.8) is 0 Å². The first kappa shape index (κ1) is 15.6. The van der Waals surface area contributed by atoms with E-state index in [-0.39, 0.29) is 16.3 Å². The van der Waals surface area contributed by atoms with Crippen LogP contribution in [-0.2, 0) is 9.05 Å². The van der Waals surface area contributed by atoms with Gasteiger partial charge in [0, 0.05) is 21.8 Å². The molecule has 0 amide bonds. The molecule has 3 aromatic rings. The largest absolute Gasteiger partial charge is 0.436 e. The Hall–Kier alpha value is -2.25. The lowest BCUT2D eigenvalue weighted by Gasteiger charge is -1.99. The SMILES string of the molecule is O=S(=O)(Cl)c1ccc(-c2cnc(-c3ccc(F)c(F)c3)o2)cc1. The van der Waals surface area contributed by atoms with E-state index in [1.54, 1.807) is 0 Å². The summed E-state index contributed by atoms with van der Waals surface area (Å²) in [4.78, 5) is 3.97. The first-order valence-electron chi connectivity index (χ1n) is 6.31. The van der Waals surface area contributed by atoms with Gasteiger partial charge >= 0.3 is 0 Å². The van der Waals surface area contributed by atoms with Crippen LogP contribution in [0.4, 0.5) is 8.78 Å². The van der Waals surface area contributed by atoms with E-state index in [1.807, 2.05) is 0 Å². The van der Waals surface area contributed by atoms with Crippen LogP contribution >= 0.6 is 10.7 Å². The number of oxazole rings is 1. The molecule has 3 rings (SSSR count). The minimum absolute atomic E-state index is 0.0386. The molecule has 0 bridgehead atoms. The number of hydrogen-bond donors (Lipinski definition) is 0. The van der Waals surface area contributed by atoms with Crippen molar-refractivity contribution in [3.8, 4) is 22.8 Å². The molecular formula is C15H8ClF2NO3S. The molecule has 0 radical (unpaired) electrons. The van der Waals surface area contributed by atoms with E-state index in [0.29, 0.717) is 11.3 Å². The van der Waals surface area contributed by atoms with Crippen LogP contribution in [0.3, 0.4) is 0 Å². The molecule has 1 heterocycles. The van der Waals surface area contributed by atoms with Gasteiger partial charge in [-0.1, -0.05) is 0 Å². The Bertz CT molecular complexity index is 969. The highest BCUT2D eigenvalue weighted by Crippen LogP contribution is 2.28. The average Bonchev–Trinajstić information content (AvgIpc) is 2.99. The van der Waals surface area contributed by atoms with E-state index < -0.39 is 20.7 Å². The molecule has 118 valence electrons. The molecule has 0 aliphatic rings. The zero-order valence-corrected chi connectivity index (χ0v) is 12.9. The third kappa shape index (κ3) is 3.25. The summed E-state index contributed by atoms with van der Waals surface area (Å²) in [6.45, 7) is 0. The van der Waals surface area contributed by atoms with Gasteiger partial charge in [0.2, 0.25) is 5.89 Å². The van der Waals surface area contributed by atoms with Crippen molar-refractivity contribution in [1.29, 1.82) is 0 Å². The molecular weight excluding hydrogens is 348 g/mol. The molecule has 0 unspecified atom stereocenters. The number of halogens is 3. The smallest absolute Gasteiger partial charge is 0.261 e. The summed E-state index contributed by atoms with van der Waals surface area (Å²) in [5.74, 6) is -1.49. The van der Waals surface area contributed by atoms with Crippen molar-refractivity contribution in [2.24, 2.45) is 0 Å². The molecule has 4 nitrogen and oxygen atoms in total.